The van der Waals surface area contributed by atoms with Crippen LogP contribution in [-0.2, 0) is 14.3 Å². The molecule has 1 aromatic carbocycles. The number of carbonyl (C=O) groups excluding carboxylic acids is 2. The molecular formula is C27H31N3O5. The monoisotopic (exact) mass is 477 g/mol. The second-order valence-corrected chi connectivity index (χ2v) is 8.69. The molecule has 1 aliphatic rings. The second-order valence-electron chi connectivity index (χ2n) is 8.69. The smallest absolute Gasteiger partial charge is 0.295 e. The van der Waals surface area contributed by atoms with Crippen LogP contribution in [0.4, 0.5) is 0 Å². The molecule has 1 amide bonds. The first-order valence-electron chi connectivity index (χ1n) is 11.8. The summed E-state index contributed by atoms with van der Waals surface area (Å²) in [6.07, 6.45) is 3.78. The number of pyridine rings is 1. The number of aliphatic hydroxyl groups excluding tert-OH is 1. The first-order chi connectivity index (χ1) is 16.9. The highest BCUT2D eigenvalue weighted by atomic mass is 16.5. The lowest BCUT2D eigenvalue weighted by atomic mass is 9.96. The number of aromatic nitrogens is 2. The van der Waals surface area contributed by atoms with E-state index < -0.39 is 17.7 Å². The van der Waals surface area contributed by atoms with Crippen LogP contribution in [0, 0.1) is 13.8 Å². The van der Waals surface area contributed by atoms with Crippen LogP contribution >= 0.6 is 0 Å². The Labute approximate surface area is 204 Å². The third-order valence-electron chi connectivity index (χ3n) is 6.33. The van der Waals surface area contributed by atoms with Gasteiger partial charge in [0.2, 0.25) is 0 Å². The Morgan fingerprint density at radius 3 is 2.66 bits per heavy atom. The zero-order chi connectivity index (χ0) is 25.1. The summed E-state index contributed by atoms with van der Waals surface area (Å²) in [5.74, 6) is -1.06. The summed E-state index contributed by atoms with van der Waals surface area (Å²) in [6, 6.07) is 10.4. The van der Waals surface area contributed by atoms with E-state index in [1.165, 1.54) is 12.0 Å². The lowest BCUT2D eigenvalue weighted by molar-refractivity contribution is -0.140. The van der Waals surface area contributed by atoms with E-state index in [0.29, 0.717) is 29.3 Å². The van der Waals surface area contributed by atoms with Crippen molar-refractivity contribution in [2.24, 2.45) is 0 Å². The number of Topliss-reactive ketones (excluding diaryl/α,β-unsaturated/α-hetero) is 1. The number of aliphatic hydroxyl groups is 1. The van der Waals surface area contributed by atoms with Crippen molar-refractivity contribution in [2.45, 2.75) is 39.7 Å². The fourth-order valence-corrected chi connectivity index (χ4v) is 4.43. The summed E-state index contributed by atoms with van der Waals surface area (Å²) in [5, 5.41) is 11.4. The predicted molar refractivity (Wildman–Crippen MR) is 132 cm³/mol. The molecule has 1 atom stereocenters. The summed E-state index contributed by atoms with van der Waals surface area (Å²) in [6.45, 7) is 6.87. The number of unbranched alkanes of at least 4 members (excludes halogenated alkanes) is 1. The molecule has 1 saturated heterocycles. The van der Waals surface area contributed by atoms with Gasteiger partial charge >= 0.3 is 0 Å². The number of rotatable bonds is 9. The highest BCUT2D eigenvalue weighted by Crippen LogP contribution is 2.40. The second kappa shape index (κ2) is 10.3. The van der Waals surface area contributed by atoms with Gasteiger partial charge in [-0.2, -0.15) is 0 Å². The standard InChI is InChI=1S/C27H31N3O5/c1-5-6-14-35-20-11-7-10-19(16-20)23-21(25(32)27(33)30(23)13-15-34-4)24(31)22-18(3)29-12-8-9-17(2)26(29)28-22/h7-12,16,23,31H,5-6,13-15H2,1-4H3. The first kappa shape index (κ1) is 24.5. The number of benzene rings is 1. The number of hydrogen-bond acceptors (Lipinski definition) is 6. The third-order valence-corrected chi connectivity index (χ3v) is 6.33. The van der Waals surface area contributed by atoms with Gasteiger partial charge in [0.15, 0.2) is 5.76 Å². The zero-order valence-corrected chi connectivity index (χ0v) is 20.6. The van der Waals surface area contributed by atoms with Crippen molar-refractivity contribution in [1.82, 2.24) is 14.3 Å². The van der Waals surface area contributed by atoms with Gasteiger partial charge in [0.05, 0.1) is 30.5 Å². The van der Waals surface area contributed by atoms with E-state index in [-0.39, 0.29) is 30.2 Å². The van der Waals surface area contributed by atoms with E-state index in [4.69, 9.17) is 9.47 Å². The van der Waals surface area contributed by atoms with E-state index in [1.54, 1.807) is 0 Å². The molecule has 2 aromatic heterocycles. The van der Waals surface area contributed by atoms with E-state index in [2.05, 4.69) is 11.9 Å². The summed E-state index contributed by atoms with van der Waals surface area (Å²) in [4.78, 5) is 32.4. The van der Waals surface area contributed by atoms with Gasteiger partial charge in [-0.25, -0.2) is 4.98 Å². The maximum atomic E-state index is 13.3. The van der Waals surface area contributed by atoms with Gasteiger partial charge in [-0.3, -0.25) is 9.59 Å². The van der Waals surface area contributed by atoms with Crippen molar-refractivity contribution < 1.29 is 24.2 Å². The fourth-order valence-electron chi connectivity index (χ4n) is 4.43. The van der Waals surface area contributed by atoms with Crippen LogP contribution in [0.5, 0.6) is 5.75 Å². The molecule has 35 heavy (non-hydrogen) atoms. The number of ether oxygens (including phenoxy) is 2. The fraction of sp³-hybridized carbons (Fsp3) is 0.370. The quantitative estimate of drug-likeness (QED) is 0.215. The Morgan fingerprint density at radius 2 is 1.94 bits per heavy atom. The van der Waals surface area contributed by atoms with Gasteiger partial charge in [0, 0.05) is 19.9 Å². The molecule has 1 N–H and O–H groups in total. The molecule has 3 heterocycles. The average molecular weight is 478 g/mol. The normalized spacial score (nSPS) is 17.5. The Bertz CT molecular complexity index is 1290. The van der Waals surface area contributed by atoms with Crippen LogP contribution in [0.2, 0.25) is 0 Å². The van der Waals surface area contributed by atoms with Crippen molar-refractivity contribution in [3.63, 3.8) is 0 Å². The Morgan fingerprint density at radius 1 is 1.14 bits per heavy atom. The van der Waals surface area contributed by atoms with Crippen molar-refractivity contribution >= 4 is 23.1 Å². The third kappa shape index (κ3) is 4.53. The number of imidazole rings is 1. The summed E-state index contributed by atoms with van der Waals surface area (Å²) >= 11 is 0. The molecule has 0 bridgehead atoms. The highest BCUT2D eigenvalue weighted by molar-refractivity contribution is 6.46. The molecule has 3 aromatic rings. The molecule has 0 aliphatic carbocycles. The van der Waals surface area contributed by atoms with Crippen molar-refractivity contribution in [2.75, 3.05) is 26.9 Å². The van der Waals surface area contributed by atoms with E-state index >= 15 is 0 Å². The van der Waals surface area contributed by atoms with Gasteiger partial charge in [0.25, 0.3) is 11.7 Å². The lowest BCUT2D eigenvalue weighted by Gasteiger charge is -2.25. The molecule has 1 unspecified atom stereocenters. The molecule has 8 nitrogen and oxygen atoms in total. The van der Waals surface area contributed by atoms with Gasteiger partial charge in [0.1, 0.15) is 17.1 Å². The number of aryl methyl sites for hydroxylation is 2. The van der Waals surface area contributed by atoms with Crippen molar-refractivity contribution in [1.29, 1.82) is 0 Å². The summed E-state index contributed by atoms with van der Waals surface area (Å²) in [5.41, 5.74) is 3.27. The SMILES string of the molecule is CCCCOc1cccc(C2C(=C(O)c3nc4c(C)cccn4c3C)C(=O)C(=O)N2CCOC)c1. The van der Waals surface area contributed by atoms with Crippen LogP contribution in [-0.4, -0.2) is 57.9 Å². The van der Waals surface area contributed by atoms with E-state index in [0.717, 1.165) is 18.4 Å². The van der Waals surface area contributed by atoms with Crippen LogP contribution in [0.1, 0.15) is 48.3 Å². The molecule has 184 valence electrons. The molecule has 1 aliphatic heterocycles. The Balaban J connectivity index is 1.86. The number of amides is 1. The topological polar surface area (TPSA) is 93.4 Å². The van der Waals surface area contributed by atoms with Crippen molar-refractivity contribution in [3.8, 4) is 5.75 Å². The van der Waals surface area contributed by atoms with Gasteiger partial charge in [-0.15, -0.1) is 0 Å². The number of fused-ring (bicyclic) bond motifs is 1. The van der Waals surface area contributed by atoms with Crippen LogP contribution in [0.25, 0.3) is 11.4 Å². The molecule has 0 saturated carbocycles. The van der Waals surface area contributed by atoms with Gasteiger partial charge in [-0.05, 0) is 49.6 Å². The molecule has 0 spiro atoms. The molecular weight excluding hydrogens is 446 g/mol. The van der Waals surface area contributed by atoms with Crippen molar-refractivity contribution in [3.05, 3.63) is 70.7 Å². The largest absolute Gasteiger partial charge is 0.505 e. The molecule has 8 heteroatoms. The number of likely N-dealkylation sites (tertiary alicyclic amines) is 1. The number of hydrogen-bond donors (Lipinski definition) is 1. The number of ketones is 1. The average Bonchev–Trinajstić information content (AvgIpc) is 3.32. The zero-order valence-electron chi connectivity index (χ0n) is 20.6. The number of nitrogens with zero attached hydrogens (tertiary/aromatic N) is 3. The molecule has 4 rings (SSSR count). The van der Waals surface area contributed by atoms with Gasteiger partial charge < -0.3 is 23.9 Å². The summed E-state index contributed by atoms with van der Waals surface area (Å²) in [7, 11) is 1.54. The minimum Gasteiger partial charge on any atom is -0.505 e. The lowest BCUT2D eigenvalue weighted by Crippen LogP contribution is -2.32. The maximum absolute atomic E-state index is 13.3. The van der Waals surface area contributed by atoms with Crippen LogP contribution in [0.3, 0.4) is 0 Å². The minimum absolute atomic E-state index is 0.0148. The van der Waals surface area contributed by atoms with Crippen LogP contribution in [0.15, 0.2) is 48.2 Å². The minimum atomic E-state index is -0.787. The number of methoxy groups -OCH3 is 1. The molecule has 0 radical (unpaired) electrons. The highest BCUT2D eigenvalue weighted by Gasteiger charge is 2.46. The summed E-state index contributed by atoms with van der Waals surface area (Å²) < 4.78 is 12.9. The maximum Gasteiger partial charge on any atom is 0.295 e. The first-order valence-corrected chi connectivity index (χ1v) is 11.8. The van der Waals surface area contributed by atoms with E-state index in [9.17, 15) is 14.7 Å². The Kier molecular flexibility index (Phi) is 7.21. The Hall–Kier alpha value is -3.65. The van der Waals surface area contributed by atoms with Gasteiger partial charge in [-0.1, -0.05) is 31.5 Å². The molecule has 1 fully saturated rings. The van der Waals surface area contributed by atoms with E-state index in [1.807, 2.05) is 60.8 Å². The number of carbonyl (C=O) groups is 2. The van der Waals surface area contributed by atoms with Crippen LogP contribution < -0.4 is 4.74 Å². The predicted octanol–water partition coefficient (Wildman–Crippen LogP) is 4.20.